The summed E-state index contributed by atoms with van der Waals surface area (Å²) in [5.74, 6) is -0.0612. The van der Waals surface area contributed by atoms with Crippen LogP contribution >= 0.6 is 0 Å². The number of nitrogens with zero attached hydrogens (tertiary/aromatic N) is 2. The van der Waals surface area contributed by atoms with E-state index in [9.17, 15) is 13.2 Å². The van der Waals surface area contributed by atoms with Gasteiger partial charge >= 0.3 is 0 Å². The second-order valence-electron chi connectivity index (χ2n) is 6.70. The number of pyridine rings is 1. The Kier molecular flexibility index (Phi) is 5.38. The number of rotatable bonds is 4. The van der Waals surface area contributed by atoms with E-state index in [2.05, 4.69) is 9.71 Å². The van der Waals surface area contributed by atoms with Crippen LogP contribution in [-0.4, -0.2) is 43.3 Å². The lowest BCUT2D eigenvalue weighted by atomic mass is 10.1. The first-order valence-electron chi connectivity index (χ1n) is 8.66. The maximum Gasteiger partial charge on any atom is 0.255 e. The SMILES string of the molecule is Cc1ccc(C)c(S(=O)(=O)NC2CCN(C(=O)c3cccnc3)CC2)c1. The van der Waals surface area contributed by atoms with Crippen LogP contribution in [0.4, 0.5) is 0 Å². The molecule has 2 aromatic rings. The van der Waals surface area contributed by atoms with Gasteiger partial charge in [-0.25, -0.2) is 13.1 Å². The van der Waals surface area contributed by atoms with Gasteiger partial charge in [0.1, 0.15) is 0 Å². The molecule has 0 unspecified atom stereocenters. The maximum atomic E-state index is 12.7. The minimum absolute atomic E-state index is 0.0612. The molecule has 1 N–H and O–H groups in total. The van der Waals surface area contributed by atoms with Crippen LogP contribution in [0.1, 0.15) is 34.3 Å². The van der Waals surface area contributed by atoms with Gasteiger partial charge in [0.05, 0.1) is 10.5 Å². The molecule has 1 saturated heterocycles. The van der Waals surface area contributed by atoms with Crippen LogP contribution < -0.4 is 4.72 Å². The summed E-state index contributed by atoms with van der Waals surface area (Å²) in [6.45, 7) is 4.71. The molecule has 0 saturated carbocycles. The average molecular weight is 373 g/mol. The monoisotopic (exact) mass is 373 g/mol. The highest BCUT2D eigenvalue weighted by Gasteiger charge is 2.27. The molecule has 26 heavy (non-hydrogen) atoms. The molecule has 1 aliphatic rings. The summed E-state index contributed by atoms with van der Waals surface area (Å²) in [5, 5.41) is 0. The molecular weight excluding hydrogens is 350 g/mol. The number of carbonyl (C=O) groups is 1. The first-order valence-corrected chi connectivity index (χ1v) is 10.1. The molecule has 1 amide bonds. The fourth-order valence-electron chi connectivity index (χ4n) is 3.15. The second kappa shape index (κ2) is 7.55. The van der Waals surface area contributed by atoms with E-state index in [1.165, 1.54) is 0 Å². The van der Waals surface area contributed by atoms with Crippen molar-refractivity contribution in [2.45, 2.75) is 37.6 Å². The molecule has 1 fully saturated rings. The van der Waals surface area contributed by atoms with Gasteiger partial charge < -0.3 is 4.90 Å². The number of sulfonamides is 1. The Balaban J connectivity index is 1.63. The average Bonchev–Trinajstić information content (AvgIpc) is 2.64. The fraction of sp³-hybridized carbons (Fsp3) is 0.368. The second-order valence-corrected chi connectivity index (χ2v) is 8.38. The van der Waals surface area contributed by atoms with Crippen molar-refractivity contribution in [3.05, 3.63) is 59.4 Å². The zero-order valence-corrected chi connectivity index (χ0v) is 15.8. The number of piperidine rings is 1. The van der Waals surface area contributed by atoms with Crippen molar-refractivity contribution in [2.75, 3.05) is 13.1 Å². The largest absolute Gasteiger partial charge is 0.338 e. The van der Waals surface area contributed by atoms with E-state index in [1.807, 2.05) is 19.1 Å². The lowest BCUT2D eigenvalue weighted by Crippen LogP contribution is -2.46. The van der Waals surface area contributed by atoms with E-state index in [-0.39, 0.29) is 11.9 Å². The molecule has 1 aromatic carbocycles. The van der Waals surface area contributed by atoms with Crippen LogP contribution in [0.5, 0.6) is 0 Å². The van der Waals surface area contributed by atoms with Crippen molar-refractivity contribution in [3.8, 4) is 0 Å². The Morgan fingerprint density at radius 1 is 1.19 bits per heavy atom. The third kappa shape index (κ3) is 4.11. The molecule has 1 aliphatic heterocycles. The van der Waals surface area contributed by atoms with Crippen molar-refractivity contribution in [2.24, 2.45) is 0 Å². The highest BCUT2D eigenvalue weighted by molar-refractivity contribution is 7.89. The number of hydrogen-bond acceptors (Lipinski definition) is 4. The van der Waals surface area contributed by atoms with Crippen LogP contribution in [0, 0.1) is 13.8 Å². The van der Waals surface area contributed by atoms with E-state index in [1.54, 1.807) is 42.4 Å². The summed E-state index contributed by atoms with van der Waals surface area (Å²) in [6, 6.07) is 8.72. The summed E-state index contributed by atoms with van der Waals surface area (Å²) in [6.07, 6.45) is 4.37. The van der Waals surface area contributed by atoms with Gasteiger partial charge in [0.15, 0.2) is 0 Å². The predicted octanol–water partition coefficient (Wildman–Crippen LogP) is 2.28. The quantitative estimate of drug-likeness (QED) is 0.892. The standard InChI is InChI=1S/C19H23N3O3S/c1-14-5-6-15(2)18(12-14)26(24,25)21-17-7-10-22(11-8-17)19(23)16-4-3-9-20-13-16/h3-6,9,12-13,17,21H,7-8,10-11H2,1-2H3. The Hall–Kier alpha value is -2.25. The molecule has 3 rings (SSSR count). The van der Waals surface area contributed by atoms with Crippen LogP contribution in [-0.2, 0) is 10.0 Å². The first-order chi connectivity index (χ1) is 12.4. The van der Waals surface area contributed by atoms with Crippen molar-refractivity contribution in [1.82, 2.24) is 14.6 Å². The van der Waals surface area contributed by atoms with Crippen molar-refractivity contribution >= 4 is 15.9 Å². The number of amides is 1. The molecule has 6 nitrogen and oxygen atoms in total. The number of aromatic nitrogens is 1. The molecule has 0 aliphatic carbocycles. The normalized spacial score (nSPS) is 15.8. The highest BCUT2D eigenvalue weighted by atomic mass is 32.2. The minimum Gasteiger partial charge on any atom is -0.338 e. The molecule has 0 radical (unpaired) electrons. The third-order valence-electron chi connectivity index (χ3n) is 4.65. The number of carbonyl (C=O) groups excluding carboxylic acids is 1. The zero-order valence-electron chi connectivity index (χ0n) is 15.0. The van der Waals surface area contributed by atoms with Crippen LogP contribution in [0.25, 0.3) is 0 Å². The molecule has 0 atom stereocenters. The van der Waals surface area contributed by atoms with Gasteiger partial charge in [-0.2, -0.15) is 0 Å². The van der Waals surface area contributed by atoms with Crippen molar-refractivity contribution < 1.29 is 13.2 Å². The Bertz CT molecular complexity index is 890. The van der Waals surface area contributed by atoms with Gasteiger partial charge in [0.25, 0.3) is 5.91 Å². The smallest absolute Gasteiger partial charge is 0.255 e. The van der Waals surface area contributed by atoms with E-state index in [4.69, 9.17) is 0 Å². The minimum atomic E-state index is -3.57. The highest BCUT2D eigenvalue weighted by Crippen LogP contribution is 2.20. The molecule has 2 heterocycles. The third-order valence-corrected chi connectivity index (χ3v) is 6.31. The summed E-state index contributed by atoms with van der Waals surface area (Å²) in [4.78, 5) is 18.5. The van der Waals surface area contributed by atoms with E-state index in [0.29, 0.717) is 36.4 Å². The summed E-state index contributed by atoms with van der Waals surface area (Å²) < 4.78 is 28.2. The maximum absolute atomic E-state index is 12.7. The molecule has 1 aromatic heterocycles. The number of likely N-dealkylation sites (tertiary alicyclic amines) is 1. The topological polar surface area (TPSA) is 79.4 Å². The molecule has 7 heteroatoms. The van der Waals surface area contributed by atoms with E-state index in [0.717, 1.165) is 11.1 Å². The van der Waals surface area contributed by atoms with E-state index < -0.39 is 10.0 Å². The van der Waals surface area contributed by atoms with Crippen molar-refractivity contribution in [3.63, 3.8) is 0 Å². The van der Waals surface area contributed by atoms with Crippen LogP contribution in [0.3, 0.4) is 0 Å². The van der Waals surface area contributed by atoms with Gasteiger partial charge in [-0.15, -0.1) is 0 Å². The summed E-state index contributed by atoms with van der Waals surface area (Å²) in [5.41, 5.74) is 2.20. The van der Waals surface area contributed by atoms with Gasteiger partial charge in [-0.3, -0.25) is 9.78 Å². The first kappa shape index (κ1) is 18.5. The molecule has 0 spiro atoms. The fourth-order valence-corrected chi connectivity index (χ4v) is 4.79. The molecule has 0 bridgehead atoms. The molecular formula is C19H23N3O3S. The summed E-state index contributed by atoms with van der Waals surface area (Å²) >= 11 is 0. The van der Waals surface area contributed by atoms with E-state index >= 15 is 0 Å². The number of benzene rings is 1. The van der Waals surface area contributed by atoms with Gasteiger partial charge in [-0.1, -0.05) is 12.1 Å². The van der Waals surface area contributed by atoms with Gasteiger partial charge in [0, 0.05) is 31.5 Å². The van der Waals surface area contributed by atoms with Crippen LogP contribution in [0.15, 0.2) is 47.6 Å². The van der Waals surface area contributed by atoms with Gasteiger partial charge in [0.2, 0.25) is 10.0 Å². The molecule has 138 valence electrons. The summed E-state index contributed by atoms with van der Waals surface area (Å²) in [7, 11) is -3.57. The Morgan fingerprint density at radius 2 is 1.92 bits per heavy atom. The number of hydrogen-bond donors (Lipinski definition) is 1. The number of nitrogens with one attached hydrogen (secondary N) is 1. The lowest BCUT2D eigenvalue weighted by Gasteiger charge is -2.32. The van der Waals surface area contributed by atoms with Crippen molar-refractivity contribution in [1.29, 1.82) is 0 Å². The predicted molar refractivity (Wildman–Crippen MR) is 99.4 cm³/mol. The Labute approximate surface area is 154 Å². The number of aryl methyl sites for hydroxylation is 2. The Morgan fingerprint density at radius 3 is 2.58 bits per heavy atom. The van der Waals surface area contributed by atoms with Gasteiger partial charge in [-0.05, 0) is 56.0 Å². The van der Waals surface area contributed by atoms with Crippen LogP contribution in [0.2, 0.25) is 0 Å². The zero-order chi connectivity index (χ0) is 18.7. The lowest BCUT2D eigenvalue weighted by molar-refractivity contribution is 0.0711.